The fraction of sp³-hybridized carbons (Fsp3) is 0.417. The van der Waals surface area contributed by atoms with Gasteiger partial charge in [-0.3, -0.25) is 0 Å². The van der Waals surface area contributed by atoms with Crippen LogP contribution in [0.5, 0.6) is 5.75 Å². The molecule has 0 atom stereocenters. The van der Waals surface area contributed by atoms with E-state index in [1.165, 1.54) is 13.2 Å². The van der Waals surface area contributed by atoms with Crippen molar-refractivity contribution in [2.24, 2.45) is 0 Å². The van der Waals surface area contributed by atoms with Crippen LogP contribution in [0.2, 0.25) is 0 Å². The number of benzene rings is 1. The van der Waals surface area contributed by atoms with Gasteiger partial charge in [-0.05, 0) is 31.0 Å². The van der Waals surface area contributed by atoms with Crippen LogP contribution >= 0.6 is 0 Å². The lowest BCUT2D eigenvalue weighted by Gasteiger charge is -2.14. The van der Waals surface area contributed by atoms with Gasteiger partial charge in [-0.2, -0.15) is 0 Å². The highest BCUT2D eigenvalue weighted by Gasteiger charge is 2.46. The van der Waals surface area contributed by atoms with Gasteiger partial charge in [-0.25, -0.2) is 8.42 Å². The molecule has 1 saturated carbocycles. The Balaban J connectivity index is 2.59. The second-order valence-electron chi connectivity index (χ2n) is 4.41. The van der Waals surface area contributed by atoms with Gasteiger partial charge in [0.25, 0.3) is 0 Å². The van der Waals surface area contributed by atoms with E-state index >= 15 is 0 Å². The van der Waals surface area contributed by atoms with E-state index in [1.54, 1.807) is 12.1 Å². The highest BCUT2D eigenvalue weighted by Crippen LogP contribution is 2.50. The van der Waals surface area contributed by atoms with E-state index in [9.17, 15) is 13.2 Å². The molecular formula is C12H14O4S. The third-order valence-corrected chi connectivity index (χ3v) is 4.26. The van der Waals surface area contributed by atoms with Crippen molar-refractivity contribution in [2.45, 2.75) is 23.2 Å². The Bertz CT molecular complexity index is 556. The number of hydrogen-bond acceptors (Lipinski definition) is 4. The number of carbonyl (C=O) groups excluding carboxylic acids is 1. The molecule has 0 heterocycles. The number of sulfone groups is 1. The molecule has 0 N–H and O–H groups in total. The average molecular weight is 254 g/mol. The molecule has 1 aliphatic rings. The molecule has 1 aromatic rings. The van der Waals surface area contributed by atoms with E-state index < -0.39 is 15.3 Å². The summed E-state index contributed by atoms with van der Waals surface area (Å²) < 4.78 is 28.2. The first-order chi connectivity index (χ1) is 7.93. The van der Waals surface area contributed by atoms with Gasteiger partial charge >= 0.3 is 0 Å². The normalized spacial score (nSPS) is 17.5. The van der Waals surface area contributed by atoms with Crippen LogP contribution in [0.3, 0.4) is 0 Å². The first kappa shape index (κ1) is 12.1. The van der Waals surface area contributed by atoms with Crippen LogP contribution in [0.15, 0.2) is 23.1 Å². The van der Waals surface area contributed by atoms with Crippen LogP contribution in [-0.4, -0.2) is 28.1 Å². The summed E-state index contributed by atoms with van der Waals surface area (Å²) in [5.41, 5.74) is 0.143. The molecular weight excluding hydrogens is 240 g/mol. The second-order valence-corrected chi connectivity index (χ2v) is 6.42. The summed E-state index contributed by atoms with van der Waals surface area (Å²) >= 11 is 0. The summed E-state index contributed by atoms with van der Waals surface area (Å²) in [6.07, 6.45) is 3.54. The fourth-order valence-corrected chi connectivity index (χ4v) is 2.54. The maximum absolute atomic E-state index is 11.5. The summed E-state index contributed by atoms with van der Waals surface area (Å²) in [5.74, 6) is 0.571. The van der Waals surface area contributed by atoms with Gasteiger partial charge in [0.15, 0.2) is 9.84 Å². The van der Waals surface area contributed by atoms with Gasteiger partial charge < -0.3 is 9.53 Å². The molecule has 0 unspecified atom stereocenters. The molecule has 1 aromatic carbocycles. The molecule has 2 rings (SSSR count). The van der Waals surface area contributed by atoms with Crippen LogP contribution in [0.25, 0.3) is 0 Å². The van der Waals surface area contributed by atoms with Crippen molar-refractivity contribution in [1.82, 2.24) is 0 Å². The van der Waals surface area contributed by atoms with Crippen molar-refractivity contribution in [3.63, 3.8) is 0 Å². The zero-order valence-corrected chi connectivity index (χ0v) is 10.6. The van der Waals surface area contributed by atoms with Crippen molar-refractivity contribution < 1.29 is 17.9 Å². The third kappa shape index (κ3) is 2.07. The molecule has 0 radical (unpaired) electrons. The zero-order valence-electron chi connectivity index (χ0n) is 9.76. The molecule has 0 bridgehead atoms. The van der Waals surface area contributed by atoms with Crippen LogP contribution in [0.4, 0.5) is 0 Å². The predicted octanol–water partition coefficient (Wildman–Crippen LogP) is 1.33. The Morgan fingerprint density at radius 1 is 1.35 bits per heavy atom. The van der Waals surface area contributed by atoms with E-state index in [0.29, 0.717) is 11.3 Å². The Kier molecular flexibility index (Phi) is 2.73. The monoisotopic (exact) mass is 254 g/mol. The molecule has 0 amide bonds. The van der Waals surface area contributed by atoms with E-state index in [1.807, 2.05) is 0 Å². The zero-order chi connectivity index (χ0) is 12.7. The van der Waals surface area contributed by atoms with Crippen molar-refractivity contribution in [2.75, 3.05) is 13.4 Å². The molecule has 1 fully saturated rings. The quantitative estimate of drug-likeness (QED) is 0.760. The number of rotatable bonds is 4. The molecule has 17 heavy (non-hydrogen) atoms. The smallest absolute Gasteiger partial charge is 0.175 e. The van der Waals surface area contributed by atoms with Crippen LogP contribution in [0.1, 0.15) is 18.4 Å². The van der Waals surface area contributed by atoms with Gasteiger partial charge in [-0.1, -0.05) is 0 Å². The highest BCUT2D eigenvalue weighted by atomic mass is 32.2. The van der Waals surface area contributed by atoms with Gasteiger partial charge in [0.2, 0.25) is 0 Å². The van der Waals surface area contributed by atoms with E-state index in [2.05, 4.69) is 0 Å². The lowest BCUT2D eigenvalue weighted by Crippen LogP contribution is -2.11. The minimum atomic E-state index is -3.26. The molecule has 0 aliphatic heterocycles. The van der Waals surface area contributed by atoms with Crippen LogP contribution in [-0.2, 0) is 20.0 Å². The molecule has 0 saturated heterocycles. The third-order valence-electron chi connectivity index (χ3n) is 3.15. The van der Waals surface area contributed by atoms with Gasteiger partial charge in [0.1, 0.15) is 12.0 Å². The Hall–Kier alpha value is -1.36. The lowest BCUT2D eigenvalue weighted by molar-refractivity contribution is -0.109. The van der Waals surface area contributed by atoms with Crippen molar-refractivity contribution in [3.05, 3.63) is 23.8 Å². The standard InChI is InChI=1S/C12H14O4S/c1-16-11-4-3-9(17(2,14)15)7-10(11)12(8-13)5-6-12/h3-4,7-8H,5-6H2,1-2H3. The topological polar surface area (TPSA) is 60.4 Å². The van der Waals surface area contributed by atoms with Crippen molar-refractivity contribution in [3.8, 4) is 5.75 Å². The van der Waals surface area contributed by atoms with Gasteiger partial charge in [-0.15, -0.1) is 0 Å². The maximum Gasteiger partial charge on any atom is 0.175 e. The molecule has 1 aliphatic carbocycles. The Labute approximate surface area is 101 Å². The Morgan fingerprint density at radius 3 is 2.41 bits per heavy atom. The fourth-order valence-electron chi connectivity index (χ4n) is 1.89. The van der Waals surface area contributed by atoms with E-state index in [-0.39, 0.29) is 4.90 Å². The SMILES string of the molecule is COc1ccc(S(C)(=O)=O)cc1C1(C=O)CC1. The largest absolute Gasteiger partial charge is 0.496 e. The van der Waals surface area contributed by atoms with Gasteiger partial charge in [0, 0.05) is 11.8 Å². The number of carbonyl (C=O) groups is 1. The average Bonchev–Trinajstić information content (AvgIpc) is 3.08. The molecule has 0 aromatic heterocycles. The first-order valence-corrected chi connectivity index (χ1v) is 7.17. The predicted molar refractivity (Wildman–Crippen MR) is 63.1 cm³/mol. The summed E-state index contributed by atoms with van der Waals surface area (Å²) in [7, 11) is -1.75. The molecule has 4 nitrogen and oxygen atoms in total. The minimum Gasteiger partial charge on any atom is -0.496 e. The van der Waals surface area contributed by atoms with E-state index in [4.69, 9.17) is 4.74 Å². The Morgan fingerprint density at radius 2 is 2.00 bits per heavy atom. The number of ether oxygens (including phenoxy) is 1. The molecule has 0 spiro atoms. The summed E-state index contributed by atoms with van der Waals surface area (Å²) in [6, 6.07) is 4.66. The lowest BCUT2D eigenvalue weighted by atomic mass is 9.97. The first-order valence-electron chi connectivity index (χ1n) is 5.28. The summed E-state index contributed by atoms with van der Waals surface area (Å²) in [5, 5.41) is 0. The van der Waals surface area contributed by atoms with E-state index in [0.717, 1.165) is 25.4 Å². The molecule has 92 valence electrons. The van der Waals surface area contributed by atoms with Gasteiger partial charge in [0.05, 0.1) is 17.4 Å². The summed E-state index contributed by atoms with van der Waals surface area (Å²) in [6.45, 7) is 0. The van der Waals surface area contributed by atoms with Crippen LogP contribution < -0.4 is 4.74 Å². The van der Waals surface area contributed by atoms with Crippen molar-refractivity contribution >= 4 is 16.1 Å². The molecule has 5 heteroatoms. The number of aldehydes is 1. The van der Waals surface area contributed by atoms with Crippen molar-refractivity contribution in [1.29, 1.82) is 0 Å². The van der Waals surface area contributed by atoms with Crippen LogP contribution in [0, 0.1) is 0 Å². The number of hydrogen-bond donors (Lipinski definition) is 0. The minimum absolute atomic E-state index is 0.224. The maximum atomic E-state index is 11.5. The second kappa shape index (κ2) is 3.84. The summed E-state index contributed by atoms with van der Waals surface area (Å²) in [4.78, 5) is 11.3. The number of methoxy groups -OCH3 is 1. The highest BCUT2D eigenvalue weighted by molar-refractivity contribution is 7.90.